The fourth-order valence-corrected chi connectivity index (χ4v) is 3.35. The summed E-state index contributed by atoms with van der Waals surface area (Å²) in [5, 5.41) is 5.46. The van der Waals surface area contributed by atoms with E-state index in [9.17, 15) is 0 Å². The first-order chi connectivity index (χ1) is 9.54. The van der Waals surface area contributed by atoms with Crippen molar-refractivity contribution in [2.45, 2.75) is 33.6 Å². The van der Waals surface area contributed by atoms with Crippen molar-refractivity contribution in [3.05, 3.63) is 45.7 Å². The van der Waals surface area contributed by atoms with E-state index in [1.807, 2.05) is 17.8 Å². The van der Waals surface area contributed by atoms with Gasteiger partial charge in [-0.25, -0.2) is 0 Å². The summed E-state index contributed by atoms with van der Waals surface area (Å²) in [6.07, 6.45) is 4.20. The Labute approximate surface area is 125 Å². The van der Waals surface area contributed by atoms with Crippen molar-refractivity contribution in [3.63, 3.8) is 0 Å². The first-order valence-electron chi connectivity index (χ1n) is 7.06. The van der Waals surface area contributed by atoms with E-state index in [0.29, 0.717) is 0 Å². The van der Waals surface area contributed by atoms with E-state index in [-0.39, 0.29) is 0 Å². The Hall–Kier alpha value is -1.54. The molecule has 0 N–H and O–H groups in total. The smallest absolute Gasteiger partial charge is 0.0703 e. The van der Waals surface area contributed by atoms with Crippen LogP contribution >= 0.6 is 11.6 Å². The molecule has 0 saturated heterocycles. The van der Waals surface area contributed by atoms with E-state index in [1.54, 1.807) is 0 Å². The molecule has 1 aliphatic rings. The standard InChI is InChI=1S/C17H19ClN2/c1-5-14-16(11(3)20(4)19-14)17-13(18)9-8-12-7-6-10(2)15(12)17/h6,8-9H,5,7H2,1-4H3. The highest BCUT2D eigenvalue weighted by Crippen LogP contribution is 2.42. The molecule has 20 heavy (non-hydrogen) atoms. The Morgan fingerprint density at radius 1 is 1.20 bits per heavy atom. The molecular weight excluding hydrogens is 268 g/mol. The van der Waals surface area contributed by atoms with Gasteiger partial charge in [0.1, 0.15) is 0 Å². The van der Waals surface area contributed by atoms with Gasteiger partial charge in [0.25, 0.3) is 0 Å². The van der Waals surface area contributed by atoms with Crippen molar-refractivity contribution in [2.24, 2.45) is 7.05 Å². The van der Waals surface area contributed by atoms with Crippen molar-refractivity contribution in [2.75, 3.05) is 0 Å². The number of halogens is 1. The molecule has 1 aliphatic carbocycles. The van der Waals surface area contributed by atoms with Crippen LogP contribution in [0.3, 0.4) is 0 Å². The lowest BCUT2D eigenvalue weighted by atomic mass is 9.92. The van der Waals surface area contributed by atoms with Gasteiger partial charge in [-0.15, -0.1) is 0 Å². The van der Waals surface area contributed by atoms with Crippen molar-refractivity contribution in [1.82, 2.24) is 9.78 Å². The molecule has 0 fully saturated rings. The molecule has 0 unspecified atom stereocenters. The SMILES string of the molecule is CCc1nn(C)c(C)c1-c1c(Cl)ccc2c1C(C)=CC2. The van der Waals surface area contributed by atoms with Crippen LogP contribution < -0.4 is 0 Å². The molecule has 0 bridgehead atoms. The first kappa shape index (κ1) is 13.4. The highest BCUT2D eigenvalue weighted by Gasteiger charge is 2.23. The van der Waals surface area contributed by atoms with Gasteiger partial charge in [0.15, 0.2) is 0 Å². The normalized spacial score (nSPS) is 13.6. The number of hydrogen-bond acceptors (Lipinski definition) is 1. The molecule has 1 aromatic heterocycles. The third-order valence-corrected chi connectivity index (χ3v) is 4.57. The van der Waals surface area contributed by atoms with E-state index in [0.717, 1.165) is 29.1 Å². The summed E-state index contributed by atoms with van der Waals surface area (Å²) in [6, 6.07) is 4.17. The van der Waals surface area contributed by atoms with E-state index >= 15 is 0 Å². The van der Waals surface area contributed by atoms with Crippen LogP contribution in [0.2, 0.25) is 5.02 Å². The van der Waals surface area contributed by atoms with E-state index < -0.39 is 0 Å². The largest absolute Gasteiger partial charge is 0.272 e. The quantitative estimate of drug-likeness (QED) is 0.791. The summed E-state index contributed by atoms with van der Waals surface area (Å²) >= 11 is 6.55. The molecular formula is C17H19ClN2. The minimum absolute atomic E-state index is 0.823. The molecule has 0 aliphatic heterocycles. The molecule has 0 atom stereocenters. The maximum Gasteiger partial charge on any atom is 0.0703 e. The third kappa shape index (κ3) is 1.82. The fourth-order valence-electron chi connectivity index (χ4n) is 3.10. The summed E-state index contributed by atoms with van der Waals surface area (Å²) in [7, 11) is 2.00. The van der Waals surface area contributed by atoms with E-state index in [2.05, 4.69) is 38.0 Å². The van der Waals surface area contributed by atoms with Crippen LogP contribution in [0.1, 0.15) is 36.4 Å². The summed E-state index contributed by atoms with van der Waals surface area (Å²) in [6.45, 7) is 6.43. The van der Waals surface area contributed by atoms with Gasteiger partial charge in [-0.2, -0.15) is 5.10 Å². The lowest BCUT2D eigenvalue weighted by Crippen LogP contribution is -1.95. The lowest BCUT2D eigenvalue weighted by Gasteiger charge is -2.14. The third-order valence-electron chi connectivity index (χ3n) is 4.25. The minimum Gasteiger partial charge on any atom is -0.272 e. The summed E-state index contributed by atoms with van der Waals surface area (Å²) in [5.74, 6) is 0. The summed E-state index contributed by atoms with van der Waals surface area (Å²) in [5.41, 5.74) is 8.68. The van der Waals surface area contributed by atoms with Gasteiger partial charge in [0.2, 0.25) is 0 Å². The summed E-state index contributed by atoms with van der Waals surface area (Å²) in [4.78, 5) is 0. The summed E-state index contributed by atoms with van der Waals surface area (Å²) < 4.78 is 1.96. The molecule has 3 heteroatoms. The monoisotopic (exact) mass is 286 g/mol. The average molecular weight is 287 g/mol. The molecule has 0 spiro atoms. The highest BCUT2D eigenvalue weighted by atomic mass is 35.5. The number of aryl methyl sites for hydroxylation is 2. The van der Waals surface area contributed by atoms with Crippen LogP contribution in [0.25, 0.3) is 16.7 Å². The molecule has 2 aromatic rings. The minimum atomic E-state index is 0.823. The number of fused-ring (bicyclic) bond motifs is 1. The van der Waals surface area contributed by atoms with Crippen LogP contribution in [0.5, 0.6) is 0 Å². The maximum absolute atomic E-state index is 6.55. The second-order valence-electron chi connectivity index (χ2n) is 5.43. The Balaban J connectivity index is 2.37. The number of rotatable bonds is 2. The van der Waals surface area contributed by atoms with Gasteiger partial charge in [-0.1, -0.05) is 30.7 Å². The van der Waals surface area contributed by atoms with Gasteiger partial charge in [0.05, 0.1) is 5.69 Å². The average Bonchev–Trinajstić information content (AvgIpc) is 2.93. The molecule has 1 heterocycles. The van der Waals surface area contributed by atoms with Crippen LogP contribution in [-0.2, 0) is 19.9 Å². The van der Waals surface area contributed by atoms with Crippen molar-refractivity contribution < 1.29 is 0 Å². The van der Waals surface area contributed by atoms with Crippen molar-refractivity contribution in [3.8, 4) is 11.1 Å². The molecule has 2 nitrogen and oxygen atoms in total. The Morgan fingerprint density at radius 3 is 2.65 bits per heavy atom. The zero-order valence-electron chi connectivity index (χ0n) is 12.4. The van der Waals surface area contributed by atoms with Crippen LogP contribution in [0.4, 0.5) is 0 Å². The first-order valence-corrected chi connectivity index (χ1v) is 7.43. The zero-order valence-corrected chi connectivity index (χ0v) is 13.2. The topological polar surface area (TPSA) is 17.8 Å². The molecule has 0 amide bonds. The number of aromatic nitrogens is 2. The number of allylic oxidation sites excluding steroid dienone is 2. The van der Waals surface area contributed by atoms with Gasteiger partial charge >= 0.3 is 0 Å². The van der Waals surface area contributed by atoms with Crippen molar-refractivity contribution in [1.29, 1.82) is 0 Å². The molecule has 104 valence electrons. The molecule has 0 radical (unpaired) electrons. The van der Waals surface area contributed by atoms with Crippen LogP contribution in [-0.4, -0.2) is 9.78 Å². The fraction of sp³-hybridized carbons (Fsp3) is 0.353. The molecule has 1 aromatic carbocycles. The van der Waals surface area contributed by atoms with Gasteiger partial charge in [-0.3, -0.25) is 4.68 Å². The number of benzene rings is 1. The van der Waals surface area contributed by atoms with Crippen LogP contribution in [0, 0.1) is 6.92 Å². The van der Waals surface area contributed by atoms with E-state index in [1.165, 1.54) is 28.0 Å². The Morgan fingerprint density at radius 2 is 1.95 bits per heavy atom. The van der Waals surface area contributed by atoms with E-state index in [4.69, 9.17) is 11.6 Å². The second-order valence-corrected chi connectivity index (χ2v) is 5.84. The van der Waals surface area contributed by atoms with Crippen LogP contribution in [0.15, 0.2) is 18.2 Å². The second kappa shape index (κ2) is 4.78. The predicted molar refractivity (Wildman–Crippen MR) is 85.1 cm³/mol. The lowest BCUT2D eigenvalue weighted by molar-refractivity contribution is 0.723. The van der Waals surface area contributed by atoms with Gasteiger partial charge < -0.3 is 0 Å². The Kier molecular flexibility index (Phi) is 3.21. The zero-order chi connectivity index (χ0) is 14.4. The van der Waals surface area contributed by atoms with Gasteiger partial charge in [0, 0.05) is 28.9 Å². The Bertz CT molecular complexity index is 723. The van der Waals surface area contributed by atoms with Crippen molar-refractivity contribution >= 4 is 17.2 Å². The van der Waals surface area contributed by atoms with Gasteiger partial charge in [-0.05, 0) is 49.5 Å². The highest BCUT2D eigenvalue weighted by molar-refractivity contribution is 6.34. The number of hydrogen-bond donors (Lipinski definition) is 0. The maximum atomic E-state index is 6.55. The molecule has 3 rings (SSSR count). The number of nitrogens with zero attached hydrogens (tertiary/aromatic N) is 2. The molecule has 0 saturated carbocycles. The predicted octanol–water partition coefficient (Wildman–Crippen LogP) is 4.57.